The number of hydrogen-bond acceptors (Lipinski definition) is 2. The first-order chi connectivity index (χ1) is 8.41. The first-order valence-corrected chi connectivity index (χ1v) is 6.50. The van der Waals surface area contributed by atoms with E-state index in [2.05, 4.69) is 31.3 Å². The quantitative estimate of drug-likeness (QED) is 0.872. The zero-order chi connectivity index (χ0) is 13.3. The van der Waals surface area contributed by atoms with E-state index in [-0.39, 0.29) is 17.6 Å². The van der Waals surface area contributed by atoms with Crippen molar-refractivity contribution in [2.45, 2.75) is 52.2 Å². The number of ether oxygens (including phenoxy) is 1. The molecular formula is C15H21NO2. The summed E-state index contributed by atoms with van der Waals surface area (Å²) in [6.07, 6.45) is 1.31. The number of fused-ring (bicyclic) bond motifs is 1. The number of hydrogen-bond donors (Lipinski definition) is 1. The lowest BCUT2D eigenvalue weighted by Crippen LogP contribution is -2.41. The zero-order valence-electron chi connectivity index (χ0n) is 11.5. The van der Waals surface area contributed by atoms with E-state index in [1.165, 1.54) is 5.56 Å². The molecule has 0 spiro atoms. The third-order valence-electron chi connectivity index (χ3n) is 3.28. The average molecular weight is 247 g/mol. The van der Waals surface area contributed by atoms with Crippen molar-refractivity contribution in [2.24, 2.45) is 0 Å². The van der Waals surface area contributed by atoms with Crippen molar-refractivity contribution in [3.05, 3.63) is 29.3 Å². The Morgan fingerprint density at radius 3 is 2.89 bits per heavy atom. The number of carbonyl (C=O) groups excluding carboxylic acids is 1. The van der Waals surface area contributed by atoms with Gasteiger partial charge in [-0.15, -0.1) is 0 Å². The molecule has 0 saturated heterocycles. The van der Waals surface area contributed by atoms with Gasteiger partial charge in [0.25, 0.3) is 0 Å². The molecule has 0 aliphatic carbocycles. The van der Waals surface area contributed by atoms with E-state index < -0.39 is 0 Å². The number of carbonyl (C=O) groups is 1. The first kappa shape index (κ1) is 12.9. The van der Waals surface area contributed by atoms with Gasteiger partial charge < -0.3 is 10.1 Å². The Morgan fingerprint density at radius 2 is 2.22 bits per heavy atom. The van der Waals surface area contributed by atoms with Gasteiger partial charge in [0.15, 0.2) is 0 Å². The minimum absolute atomic E-state index is 0.0526. The highest BCUT2D eigenvalue weighted by Crippen LogP contribution is 2.39. The van der Waals surface area contributed by atoms with Crippen LogP contribution < -0.4 is 10.1 Å². The van der Waals surface area contributed by atoms with Crippen molar-refractivity contribution in [2.75, 3.05) is 0 Å². The van der Waals surface area contributed by atoms with Crippen LogP contribution in [-0.2, 0) is 4.79 Å². The summed E-state index contributed by atoms with van der Waals surface area (Å²) in [5.74, 6) is 0.983. The van der Waals surface area contributed by atoms with Gasteiger partial charge in [0.05, 0.1) is 6.04 Å². The van der Waals surface area contributed by atoms with E-state index in [1.54, 1.807) is 0 Å². The van der Waals surface area contributed by atoms with Crippen LogP contribution in [0.4, 0.5) is 0 Å². The van der Waals surface area contributed by atoms with E-state index in [4.69, 9.17) is 4.74 Å². The maximum atomic E-state index is 11.6. The predicted molar refractivity (Wildman–Crippen MR) is 71.7 cm³/mol. The third-order valence-corrected chi connectivity index (χ3v) is 3.28. The van der Waals surface area contributed by atoms with Crippen molar-refractivity contribution >= 4 is 5.91 Å². The van der Waals surface area contributed by atoms with Gasteiger partial charge in [0, 0.05) is 18.4 Å². The molecule has 0 radical (unpaired) electrons. The molecule has 1 aromatic carbocycles. The number of aryl methyl sites for hydroxylation is 1. The van der Waals surface area contributed by atoms with E-state index in [1.807, 2.05) is 19.9 Å². The average Bonchev–Trinajstić information content (AvgIpc) is 2.26. The minimum Gasteiger partial charge on any atom is -0.487 e. The molecule has 1 aliphatic rings. The zero-order valence-corrected chi connectivity index (χ0v) is 11.5. The molecule has 0 aromatic heterocycles. The fourth-order valence-corrected chi connectivity index (χ4v) is 2.38. The molecule has 1 atom stereocenters. The van der Waals surface area contributed by atoms with E-state index >= 15 is 0 Å². The van der Waals surface area contributed by atoms with E-state index in [0.717, 1.165) is 17.7 Å². The van der Waals surface area contributed by atoms with Crippen molar-refractivity contribution in [1.29, 1.82) is 0 Å². The van der Waals surface area contributed by atoms with Gasteiger partial charge in [-0.05, 0) is 32.4 Å². The molecule has 18 heavy (non-hydrogen) atoms. The van der Waals surface area contributed by atoms with Crippen molar-refractivity contribution < 1.29 is 9.53 Å². The van der Waals surface area contributed by atoms with Gasteiger partial charge in [-0.2, -0.15) is 0 Å². The number of benzene rings is 1. The lowest BCUT2D eigenvalue weighted by molar-refractivity contribution is -0.122. The van der Waals surface area contributed by atoms with Crippen LogP contribution in [0.1, 0.15) is 50.8 Å². The van der Waals surface area contributed by atoms with Crippen molar-refractivity contribution in [3.8, 4) is 5.75 Å². The molecule has 1 aliphatic heterocycles. The maximum Gasteiger partial charge on any atom is 0.220 e. The molecule has 1 amide bonds. The van der Waals surface area contributed by atoms with E-state index in [9.17, 15) is 4.79 Å². The molecule has 1 heterocycles. The van der Waals surface area contributed by atoms with Crippen LogP contribution >= 0.6 is 0 Å². The third kappa shape index (κ3) is 2.66. The molecule has 2 rings (SSSR count). The second kappa shape index (κ2) is 4.63. The molecule has 0 bridgehead atoms. The summed E-state index contributed by atoms with van der Waals surface area (Å²) in [7, 11) is 0. The minimum atomic E-state index is -0.244. The largest absolute Gasteiger partial charge is 0.487 e. The summed E-state index contributed by atoms with van der Waals surface area (Å²) in [5, 5.41) is 3.08. The van der Waals surface area contributed by atoms with Crippen LogP contribution in [0, 0.1) is 6.92 Å². The van der Waals surface area contributed by atoms with Gasteiger partial charge in [0.2, 0.25) is 5.91 Å². The summed E-state index contributed by atoms with van der Waals surface area (Å²) in [5.41, 5.74) is 2.01. The molecule has 1 N–H and O–H groups in total. The highest BCUT2D eigenvalue weighted by atomic mass is 16.5. The Morgan fingerprint density at radius 1 is 1.50 bits per heavy atom. The monoisotopic (exact) mass is 247 g/mol. The molecule has 3 heteroatoms. The fraction of sp³-hybridized carbons (Fsp3) is 0.533. The van der Waals surface area contributed by atoms with Gasteiger partial charge >= 0.3 is 0 Å². The topological polar surface area (TPSA) is 38.3 Å². The summed E-state index contributed by atoms with van der Waals surface area (Å²) in [6.45, 7) is 8.04. The molecule has 1 aromatic rings. The van der Waals surface area contributed by atoms with Crippen molar-refractivity contribution in [3.63, 3.8) is 0 Å². The number of amides is 1. The molecule has 0 fully saturated rings. The summed E-state index contributed by atoms with van der Waals surface area (Å²) >= 11 is 0. The standard InChI is InChI=1S/C15H21NO2/c1-5-14(17)16-12-9-15(3,4)18-13-8-10(2)6-7-11(12)13/h6-8,12H,5,9H2,1-4H3,(H,16,17)/t12-/m1/s1. The lowest BCUT2D eigenvalue weighted by Gasteiger charge is -2.38. The van der Waals surface area contributed by atoms with Gasteiger partial charge in [0.1, 0.15) is 11.4 Å². The summed E-state index contributed by atoms with van der Waals surface area (Å²) in [4.78, 5) is 11.6. The molecular weight excluding hydrogens is 226 g/mol. The van der Waals surface area contributed by atoms with Crippen LogP contribution in [0.25, 0.3) is 0 Å². The molecule has 0 saturated carbocycles. The fourth-order valence-electron chi connectivity index (χ4n) is 2.38. The number of nitrogens with one attached hydrogen (secondary N) is 1. The Hall–Kier alpha value is -1.51. The first-order valence-electron chi connectivity index (χ1n) is 6.50. The Kier molecular flexibility index (Phi) is 3.33. The summed E-state index contributed by atoms with van der Waals surface area (Å²) < 4.78 is 5.99. The molecule has 3 nitrogen and oxygen atoms in total. The Labute approximate surface area is 109 Å². The Balaban J connectivity index is 2.34. The van der Waals surface area contributed by atoms with Crippen LogP contribution in [0.5, 0.6) is 5.75 Å². The second-order valence-electron chi connectivity index (χ2n) is 5.58. The van der Waals surface area contributed by atoms with Crippen LogP contribution in [-0.4, -0.2) is 11.5 Å². The second-order valence-corrected chi connectivity index (χ2v) is 5.58. The van der Waals surface area contributed by atoms with Gasteiger partial charge in [-0.1, -0.05) is 19.1 Å². The lowest BCUT2D eigenvalue weighted by atomic mass is 9.89. The predicted octanol–water partition coefficient (Wildman–Crippen LogP) is 3.12. The SMILES string of the molecule is CCC(=O)N[C@@H]1CC(C)(C)Oc2cc(C)ccc21. The maximum absolute atomic E-state index is 11.6. The van der Waals surface area contributed by atoms with E-state index in [0.29, 0.717) is 6.42 Å². The number of rotatable bonds is 2. The smallest absolute Gasteiger partial charge is 0.220 e. The van der Waals surface area contributed by atoms with Crippen LogP contribution in [0.15, 0.2) is 18.2 Å². The Bertz CT molecular complexity index is 466. The molecule has 98 valence electrons. The van der Waals surface area contributed by atoms with Gasteiger partial charge in [-0.3, -0.25) is 4.79 Å². The highest BCUT2D eigenvalue weighted by molar-refractivity contribution is 5.76. The summed E-state index contributed by atoms with van der Waals surface area (Å²) in [6, 6.07) is 6.21. The normalized spacial score (nSPS) is 20.8. The van der Waals surface area contributed by atoms with Crippen LogP contribution in [0.3, 0.4) is 0 Å². The highest BCUT2D eigenvalue weighted by Gasteiger charge is 2.34. The van der Waals surface area contributed by atoms with Crippen molar-refractivity contribution in [1.82, 2.24) is 5.32 Å². The van der Waals surface area contributed by atoms with Gasteiger partial charge in [-0.25, -0.2) is 0 Å². The van der Waals surface area contributed by atoms with Crippen LogP contribution in [0.2, 0.25) is 0 Å². The molecule has 0 unspecified atom stereocenters.